The number of aliphatic hydroxyl groups is 1. The van der Waals surface area contributed by atoms with Gasteiger partial charge in [0.15, 0.2) is 11.6 Å². The lowest BCUT2D eigenvalue weighted by Gasteiger charge is -2.07. The number of anilines is 1. The average Bonchev–Trinajstić information content (AvgIpc) is 2.29. The maximum atomic E-state index is 12.2. The predicted molar refractivity (Wildman–Crippen MR) is 38.6 cm³/mol. The van der Waals surface area contributed by atoms with Gasteiger partial charge in [0.2, 0.25) is 0 Å². The standard InChI is InChI=1S/C6H8F3N3O/c1-2(13)3-4(6(7,8)9)12-5(10)11-3/h2,13H,1H3,(H3,10,11,12)/t2-/m0/s1. The maximum Gasteiger partial charge on any atom is 0.435 e. The minimum Gasteiger partial charge on any atom is -0.387 e. The highest BCUT2D eigenvalue weighted by molar-refractivity contribution is 5.29. The monoisotopic (exact) mass is 195 g/mol. The number of nitrogens with two attached hydrogens (primary N) is 1. The summed E-state index contributed by atoms with van der Waals surface area (Å²) >= 11 is 0. The fraction of sp³-hybridized carbons (Fsp3) is 0.500. The van der Waals surface area contributed by atoms with Crippen LogP contribution in [0.2, 0.25) is 0 Å². The van der Waals surface area contributed by atoms with E-state index in [0.29, 0.717) is 0 Å². The average molecular weight is 195 g/mol. The predicted octanol–water partition coefficient (Wildman–Crippen LogP) is 1.06. The number of halogens is 3. The third kappa shape index (κ3) is 1.92. The minimum atomic E-state index is -4.60. The highest BCUT2D eigenvalue weighted by atomic mass is 19.4. The van der Waals surface area contributed by atoms with Crippen LogP contribution in [0.3, 0.4) is 0 Å². The molecule has 7 heteroatoms. The van der Waals surface area contributed by atoms with Crippen molar-refractivity contribution in [1.82, 2.24) is 9.97 Å². The van der Waals surface area contributed by atoms with E-state index in [1.165, 1.54) is 6.92 Å². The third-order valence-corrected chi connectivity index (χ3v) is 1.44. The van der Waals surface area contributed by atoms with Crippen molar-refractivity contribution in [2.75, 3.05) is 5.73 Å². The van der Waals surface area contributed by atoms with E-state index in [4.69, 9.17) is 10.8 Å². The van der Waals surface area contributed by atoms with E-state index in [2.05, 4.69) is 9.97 Å². The smallest absolute Gasteiger partial charge is 0.387 e. The molecule has 0 aliphatic carbocycles. The topological polar surface area (TPSA) is 74.9 Å². The number of nitrogens with zero attached hydrogens (tertiary/aromatic N) is 1. The molecule has 0 fully saturated rings. The lowest BCUT2D eigenvalue weighted by molar-refractivity contribution is -0.142. The molecule has 1 aromatic rings. The molecule has 4 N–H and O–H groups in total. The van der Waals surface area contributed by atoms with E-state index < -0.39 is 23.7 Å². The Morgan fingerprint density at radius 2 is 2.08 bits per heavy atom. The fourth-order valence-corrected chi connectivity index (χ4v) is 0.924. The Bertz CT molecular complexity index is 305. The van der Waals surface area contributed by atoms with Gasteiger partial charge in [-0.1, -0.05) is 0 Å². The summed E-state index contributed by atoms with van der Waals surface area (Å²) in [4.78, 5) is 5.19. The van der Waals surface area contributed by atoms with Crippen LogP contribution in [-0.4, -0.2) is 15.1 Å². The number of rotatable bonds is 1. The summed E-state index contributed by atoms with van der Waals surface area (Å²) in [6, 6.07) is 0. The zero-order chi connectivity index (χ0) is 10.2. The molecule has 1 rings (SSSR count). The summed E-state index contributed by atoms with van der Waals surface area (Å²) in [5.41, 5.74) is 3.46. The maximum absolute atomic E-state index is 12.2. The van der Waals surface area contributed by atoms with E-state index in [1.807, 2.05) is 0 Å². The highest BCUT2D eigenvalue weighted by Crippen LogP contribution is 2.33. The van der Waals surface area contributed by atoms with Crippen LogP contribution in [0.1, 0.15) is 24.4 Å². The first-order valence-electron chi connectivity index (χ1n) is 3.43. The number of alkyl halides is 3. The molecule has 1 atom stereocenters. The van der Waals surface area contributed by atoms with Crippen molar-refractivity contribution in [3.8, 4) is 0 Å². The molecule has 0 aliphatic heterocycles. The summed E-state index contributed by atoms with van der Waals surface area (Å²) in [7, 11) is 0. The first kappa shape index (κ1) is 9.85. The van der Waals surface area contributed by atoms with Crippen molar-refractivity contribution in [3.05, 3.63) is 11.4 Å². The Labute approximate surface area is 71.6 Å². The highest BCUT2D eigenvalue weighted by Gasteiger charge is 2.38. The fourth-order valence-electron chi connectivity index (χ4n) is 0.924. The molecule has 0 saturated heterocycles. The Morgan fingerprint density at radius 1 is 1.54 bits per heavy atom. The van der Waals surface area contributed by atoms with Gasteiger partial charge in [-0.05, 0) is 6.92 Å². The summed E-state index contributed by atoms with van der Waals surface area (Å²) in [6.07, 6.45) is -5.87. The quantitative estimate of drug-likeness (QED) is 0.627. The van der Waals surface area contributed by atoms with Crippen molar-refractivity contribution in [2.24, 2.45) is 0 Å². The van der Waals surface area contributed by atoms with E-state index in [0.717, 1.165) is 0 Å². The van der Waals surface area contributed by atoms with Gasteiger partial charge < -0.3 is 15.8 Å². The van der Waals surface area contributed by atoms with Crippen molar-refractivity contribution < 1.29 is 18.3 Å². The van der Waals surface area contributed by atoms with E-state index in [-0.39, 0.29) is 5.95 Å². The first-order valence-corrected chi connectivity index (χ1v) is 3.43. The van der Waals surface area contributed by atoms with E-state index >= 15 is 0 Å². The molecule has 0 unspecified atom stereocenters. The molecule has 0 spiro atoms. The number of H-pyrrole nitrogens is 1. The number of aromatic nitrogens is 2. The van der Waals surface area contributed by atoms with Crippen LogP contribution >= 0.6 is 0 Å². The molecule has 1 aromatic heterocycles. The summed E-state index contributed by atoms with van der Waals surface area (Å²) in [5, 5.41) is 8.95. The van der Waals surface area contributed by atoms with Gasteiger partial charge in [-0.25, -0.2) is 4.98 Å². The summed E-state index contributed by atoms with van der Waals surface area (Å²) < 4.78 is 36.5. The van der Waals surface area contributed by atoms with Crippen LogP contribution in [0.15, 0.2) is 0 Å². The molecule has 0 radical (unpaired) electrons. The molecule has 0 aromatic carbocycles. The van der Waals surface area contributed by atoms with Crippen molar-refractivity contribution in [1.29, 1.82) is 0 Å². The van der Waals surface area contributed by atoms with Gasteiger partial charge in [0.25, 0.3) is 0 Å². The molecule has 1 heterocycles. The van der Waals surface area contributed by atoms with Gasteiger partial charge in [0.1, 0.15) is 0 Å². The molecule has 0 bridgehead atoms. The summed E-state index contributed by atoms with van der Waals surface area (Å²) in [5.74, 6) is -0.358. The third-order valence-electron chi connectivity index (χ3n) is 1.44. The van der Waals surface area contributed by atoms with Crippen LogP contribution in [0.25, 0.3) is 0 Å². The second-order valence-corrected chi connectivity index (χ2v) is 2.56. The van der Waals surface area contributed by atoms with Crippen LogP contribution < -0.4 is 5.73 Å². The zero-order valence-corrected chi connectivity index (χ0v) is 6.68. The van der Waals surface area contributed by atoms with Gasteiger partial charge in [0, 0.05) is 0 Å². The number of nitrogen functional groups attached to an aromatic ring is 1. The number of imidazole rings is 1. The molecule has 0 amide bonds. The van der Waals surface area contributed by atoms with Crippen LogP contribution in [0, 0.1) is 0 Å². The zero-order valence-electron chi connectivity index (χ0n) is 6.68. The Hall–Kier alpha value is -1.24. The SMILES string of the molecule is C[C@H](O)c1[nH]c(N)nc1C(F)(F)F. The van der Waals surface area contributed by atoms with Crippen LogP contribution in [0.4, 0.5) is 19.1 Å². The van der Waals surface area contributed by atoms with E-state index in [1.54, 1.807) is 0 Å². The second-order valence-electron chi connectivity index (χ2n) is 2.56. The first-order chi connectivity index (χ1) is 5.82. The molecule has 74 valence electrons. The van der Waals surface area contributed by atoms with Gasteiger partial charge in [-0.3, -0.25) is 0 Å². The number of hydrogen-bond donors (Lipinski definition) is 3. The number of aromatic amines is 1. The van der Waals surface area contributed by atoms with E-state index in [9.17, 15) is 13.2 Å². The van der Waals surface area contributed by atoms with Gasteiger partial charge in [0.05, 0.1) is 11.8 Å². The molecular weight excluding hydrogens is 187 g/mol. The molecule has 0 aliphatic rings. The Balaban J connectivity index is 3.20. The molecule has 13 heavy (non-hydrogen) atoms. The Kier molecular flexibility index (Phi) is 2.21. The molecule has 0 saturated carbocycles. The molecule has 4 nitrogen and oxygen atoms in total. The van der Waals surface area contributed by atoms with Gasteiger partial charge in [-0.15, -0.1) is 0 Å². The number of aliphatic hydroxyl groups excluding tert-OH is 1. The van der Waals surface area contributed by atoms with Crippen molar-refractivity contribution >= 4 is 5.95 Å². The van der Waals surface area contributed by atoms with Crippen molar-refractivity contribution in [3.63, 3.8) is 0 Å². The van der Waals surface area contributed by atoms with Crippen LogP contribution in [0.5, 0.6) is 0 Å². The number of nitrogens with one attached hydrogen (secondary N) is 1. The minimum absolute atomic E-state index is 0.358. The summed E-state index contributed by atoms with van der Waals surface area (Å²) in [6.45, 7) is 1.20. The Morgan fingerprint density at radius 3 is 2.38 bits per heavy atom. The lowest BCUT2D eigenvalue weighted by atomic mass is 10.2. The second kappa shape index (κ2) is 2.91. The van der Waals surface area contributed by atoms with Gasteiger partial charge >= 0.3 is 6.18 Å². The molecular formula is C6H8F3N3O. The van der Waals surface area contributed by atoms with Gasteiger partial charge in [-0.2, -0.15) is 13.2 Å². The lowest BCUT2D eigenvalue weighted by Crippen LogP contribution is -2.10. The number of hydrogen-bond acceptors (Lipinski definition) is 3. The normalized spacial score (nSPS) is 14.5. The van der Waals surface area contributed by atoms with Crippen molar-refractivity contribution in [2.45, 2.75) is 19.2 Å². The largest absolute Gasteiger partial charge is 0.435 e. The van der Waals surface area contributed by atoms with Crippen LogP contribution in [-0.2, 0) is 6.18 Å².